The Balaban J connectivity index is 1.71. The van der Waals surface area contributed by atoms with Gasteiger partial charge in [-0.15, -0.1) is 0 Å². The van der Waals surface area contributed by atoms with Gasteiger partial charge in [-0.3, -0.25) is 0 Å². The molecule has 4 heteroatoms. The predicted molar refractivity (Wildman–Crippen MR) is 96.3 cm³/mol. The predicted octanol–water partition coefficient (Wildman–Crippen LogP) is 4.97. The first-order valence-corrected chi connectivity index (χ1v) is 8.65. The summed E-state index contributed by atoms with van der Waals surface area (Å²) in [6.45, 7) is 4.10. The van der Waals surface area contributed by atoms with Crippen LogP contribution in [0.1, 0.15) is 49.8 Å². The van der Waals surface area contributed by atoms with Crippen LogP contribution in [0.2, 0.25) is 0 Å². The summed E-state index contributed by atoms with van der Waals surface area (Å²) in [5.74, 6) is 1.59. The van der Waals surface area contributed by atoms with Crippen LogP contribution in [-0.4, -0.2) is 16.0 Å². The number of aryl methyl sites for hydroxylation is 2. The minimum Gasteiger partial charge on any atom is -0.367 e. The number of anilines is 3. The van der Waals surface area contributed by atoms with Crippen molar-refractivity contribution in [1.29, 1.82) is 0 Å². The maximum atomic E-state index is 4.64. The fourth-order valence-electron chi connectivity index (χ4n) is 3.10. The molecule has 0 unspecified atom stereocenters. The molecule has 0 aliphatic heterocycles. The fourth-order valence-corrected chi connectivity index (χ4v) is 3.10. The standard InChI is InChI=1S/C19H26N4/c1-14-9-11-17(12-10-14)22-19-20-15(2)13-18(23-19)21-16-7-5-3-4-6-8-16/h9-13,16H,3-8H2,1-2H3,(H2,20,21,22,23). The van der Waals surface area contributed by atoms with Crippen molar-refractivity contribution in [2.24, 2.45) is 0 Å². The summed E-state index contributed by atoms with van der Waals surface area (Å²) in [4.78, 5) is 9.14. The second-order valence-electron chi connectivity index (χ2n) is 6.54. The number of nitrogens with one attached hydrogen (secondary N) is 2. The Hall–Kier alpha value is -2.10. The zero-order valence-electron chi connectivity index (χ0n) is 14.1. The molecule has 0 saturated heterocycles. The molecule has 1 aromatic carbocycles. The highest BCUT2D eigenvalue weighted by Gasteiger charge is 2.13. The van der Waals surface area contributed by atoms with E-state index in [2.05, 4.69) is 51.8 Å². The van der Waals surface area contributed by atoms with E-state index in [4.69, 9.17) is 0 Å². The molecule has 1 aliphatic rings. The molecule has 0 bridgehead atoms. The minimum atomic E-state index is 0.541. The molecule has 1 fully saturated rings. The Morgan fingerprint density at radius 2 is 1.61 bits per heavy atom. The fraction of sp³-hybridized carbons (Fsp3) is 0.474. The van der Waals surface area contributed by atoms with Gasteiger partial charge in [0.15, 0.2) is 0 Å². The number of benzene rings is 1. The van der Waals surface area contributed by atoms with Crippen molar-refractivity contribution in [2.45, 2.75) is 58.4 Å². The molecule has 0 radical (unpaired) electrons. The molecule has 4 nitrogen and oxygen atoms in total. The third kappa shape index (κ3) is 4.68. The van der Waals surface area contributed by atoms with Crippen molar-refractivity contribution in [3.05, 3.63) is 41.6 Å². The zero-order chi connectivity index (χ0) is 16.1. The van der Waals surface area contributed by atoms with Crippen LogP contribution in [0.5, 0.6) is 0 Å². The number of aromatic nitrogens is 2. The molecule has 1 aliphatic carbocycles. The Labute approximate surface area is 138 Å². The number of rotatable bonds is 4. The van der Waals surface area contributed by atoms with Crippen molar-refractivity contribution in [2.75, 3.05) is 10.6 Å². The van der Waals surface area contributed by atoms with Crippen LogP contribution in [0.15, 0.2) is 30.3 Å². The highest BCUT2D eigenvalue weighted by Crippen LogP contribution is 2.22. The number of hydrogen-bond donors (Lipinski definition) is 2. The summed E-state index contributed by atoms with van der Waals surface area (Å²) in [6, 6.07) is 10.9. The van der Waals surface area contributed by atoms with Crippen molar-refractivity contribution in [1.82, 2.24) is 9.97 Å². The van der Waals surface area contributed by atoms with Gasteiger partial charge in [0.25, 0.3) is 0 Å². The third-order valence-corrected chi connectivity index (χ3v) is 4.37. The lowest BCUT2D eigenvalue weighted by molar-refractivity contribution is 0.617. The molecular weight excluding hydrogens is 284 g/mol. The molecule has 0 spiro atoms. The van der Waals surface area contributed by atoms with Gasteiger partial charge in [-0.2, -0.15) is 4.98 Å². The molecular formula is C19H26N4. The van der Waals surface area contributed by atoms with Crippen LogP contribution in [0.3, 0.4) is 0 Å². The molecule has 3 rings (SSSR count). The number of nitrogens with zero attached hydrogens (tertiary/aromatic N) is 2. The van der Waals surface area contributed by atoms with Gasteiger partial charge in [0.2, 0.25) is 5.95 Å². The van der Waals surface area contributed by atoms with Crippen LogP contribution in [0.25, 0.3) is 0 Å². The van der Waals surface area contributed by atoms with Gasteiger partial charge in [-0.05, 0) is 38.8 Å². The molecule has 1 saturated carbocycles. The Morgan fingerprint density at radius 3 is 2.30 bits per heavy atom. The molecule has 0 atom stereocenters. The maximum Gasteiger partial charge on any atom is 0.229 e. The Kier molecular flexibility index (Phi) is 5.11. The van der Waals surface area contributed by atoms with E-state index in [9.17, 15) is 0 Å². The zero-order valence-corrected chi connectivity index (χ0v) is 14.1. The van der Waals surface area contributed by atoms with Crippen LogP contribution in [0.4, 0.5) is 17.5 Å². The normalized spacial score (nSPS) is 15.9. The minimum absolute atomic E-state index is 0.541. The second-order valence-corrected chi connectivity index (χ2v) is 6.54. The lowest BCUT2D eigenvalue weighted by Gasteiger charge is -2.17. The van der Waals surface area contributed by atoms with Crippen molar-refractivity contribution < 1.29 is 0 Å². The lowest BCUT2D eigenvalue weighted by atomic mass is 10.1. The lowest BCUT2D eigenvalue weighted by Crippen LogP contribution is -2.19. The van der Waals surface area contributed by atoms with E-state index < -0.39 is 0 Å². The van der Waals surface area contributed by atoms with Gasteiger partial charge in [0.1, 0.15) is 5.82 Å². The van der Waals surface area contributed by atoms with E-state index in [1.165, 1.54) is 44.1 Å². The molecule has 1 heterocycles. The third-order valence-electron chi connectivity index (χ3n) is 4.37. The molecule has 0 amide bonds. The monoisotopic (exact) mass is 310 g/mol. The van der Waals surface area contributed by atoms with Crippen LogP contribution in [-0.2, 0) is 0 Å². The smallest absolute Gasteiger partial charge is 0.229 e. The van der Waals surface area contributed by atoms with Gasteiger partial charge >= 0.3 is 0 Å². The Morgan fingerprint density at radius 1 is 0.913 bits per heavy atom. The second kappa shape index (κ2) is 7.44. The van der Waals surface area contributed by atoms with Crippen LogP contribution in [0, 0.1) is 13.8 Å². The molecule has 122 valence electrons. The topological polar surface area (TPSA) is 49.8 Å². The highest BCUT2D eigenvalue weighted by molar-refractivity contribution is 5.55. The van der Waals surface area contributed by atoms with E-state index in [-0.39, 0.29) is 0 Å². The quantitative estimate of drug-likeness (QED) is 0.783. The average molecular weight is 310 g/mol. The van der Waals surface area contributed by atoms with Crippen molar-refractivity contribution >= 4 is 17.5 Å². The largest absolute Gasteiger partial charge is 0.367 e. The molecule has 1 aromatic heterocycles. The van der Waals surface area contributed by atoms with Crippen molar-refractivity contribution in [3.63, 3.8) is 0 Å². The average Bonchev–Trinajstić information content (AvgIpc) is 2.78. The van der Waals surface area contributed by atoms with Gasteiger partial charge in [0.05, 0.1) is 0 Å². The van der Waals surface area contributed by atoms with E-state index in [0.717, 1.165) is 17.2 Å². The van der Waals surface area contributed by atoms with Gasteiger partial charge in [-0.1, -0.05) is 43.4 Å². The maximum absolute atomic E-state index is 4.64. The molecule has 2 N–H and O–H groups in total. The van der Waals surface area contributed by atoms with Crippen LogP contribution >= 0.6 is 0 Å². The summed E-state index contributed by atoms with van der Waals surface area (Å²) >= 11 is 0. The number of hydrogen-bond acceptors (Lipinski definition) is 4. The SMILES string of the molecule is Cc1ccc(Nc2nc(C)cc(NC3CCCCCC3)n2)cc1. The first kappa shape index (κ1) is 15.8. The van der Waals surface area contributed by atoms with E-state index >= 15 is 0 Å². The van der Waals surface area contributed by atoms with Crippen molar-refractivity contribution in [3.8, 4) is 0 Å². The van der Waals surface area contributed by atoms with E-state index in [1.54, 1.807) is 0 Å². The van der Waals surface area contributed by atoms with Gasteiger partial charge < -0.3 is 10.6 Å². The van der Waals surface area contributed by atoms with Gasteiger partial charge in [0, 0.05) is 23.5 Å². The summed E-state index contributed by atoms with van der Waals surface area (Å²) in [5.41, 5.74) is 3.24. The highest BCUT2D eigenvalue weighted by atomic mass is 15.1. The first-order valence-electron chi connectivity index (χ1n) is 8.65. The molecule has 23 heavy (non-hydrogen) atoms. The Bertz CT molecular complexity index is 628. The molecule has 2 aromatic rings. The van der Waals surface area contributed by atoms with Gasteiger partial charge in [-0.25, -0.2) is 4.98 Å². The van der Waals surface area contributed by atoms with Crippen LogP contribution < -0.4 is 10.6 Å². The summed E-state index contributed by atoms with van der Waals surface area (Å²) in [7, 11) is 0. The first-order chi connectivity index (χ1) is 11.2. The van der Waals surface area contributed by atoms with E-state index in [1.807, 2.05) is 13.0 Å². The van der Waals surface area contributed by atoms with E-state index in [0.29, 0.717) is 12.0 Å². The summed E-state index contributed by atoms with van der Waals surface area (Å²) in [6.07, 6.45) is 7.84. The summed E-state index contributed by atoms with van der Waals surface area (Å²) in [5, 5.41) is 6.91. The summed E-state index contributed by atoms with van der Waals surface area (Å²) < 4.78 is 0.